The molecule has 0 bridgehead atoms. The van der Waals surface area contributed by atoms with Crippen molar-refractivity contribution in [3.05, 3.63) is 51.8 Å². The lowest BCUT2D eigenvalue weighted by Crippen LogP contribution is -2.26. The topological polar surface area (TPSA) is 95.6 Å². The van der Waals surface area contributed by atoms with Gasteiger partial charge in [0.1, 0.15) is 17.5 Å². The number of rotatable bonds is 7. The Hall–Kier alpha value is -3.29. The van der Waals surface area contributed by atoms with E-state index in [9.17, 15) is 9.59 Å². The highest BCUT2D eigenvalue weighted by atomic mass is 16.5. The van der Waals surface area contributed by atoms with Gasteiger partial charge in [-0.25, -0.2) is 4.98 Å². The molecular weight excluding hydrogens is 362 g/mol. The average Bonchev–Trinajstić information content (AvgIpc) is 3.04. The van der Waals surface area contributed by atoms with Crippen LogP contribution in [0.1, 0.15) is 35.0 Å². The Morgan fingerprint density at radius 3 is 2.82 bits per heavy atom. The fourth-order valence-corrected chi connectivity index (χ4v) is 2.88. The van der Waals surface area contributed by atoms with Crippen LogP contribution in [0.4, 0.5) is 0 Å². The van der Waals surface area contributed by atoms with Gasteiger partial charge in [0.2, 0.25) is 5.71 Å². The number of hydrogen-bond acceptors (Lipinski definition) is 6. The lowest BCUT2D eigenvalue weighted by molar-refractivity contribution is 0.0950. The predicted octanol–water partition coefficient (Wildman–Crippen LogP) is 2.56. The van der Waals surface area contributed by atoms with Crippen molar-refractivity contribution in [3.8, 4) is 11.5 Å². The van der Waals surface area contributed by atoms with E-state index in [2.05, 4.69) is 10.3 Å². The number of nitrogens with one attached hydrogen (secondary N) is 1. The predicted molar refractivity (Wildman–Crippen MR) is 104 cm³/mol. The minimum absolute atomic E-state index is 0.157. The zero-order valence-corrected chi connectivity index (χ0v) is 16.4. The van der Waals surface area contributed by atoms with Gasteiger partial charge >= 0.3 is 0 Å². The maximum absolute atomic E-state index is 12.7. The van der Waals surface area contributed by atoms with E-state index in [0.29, 0.717) is 23.9 Å². The minimum Gasteiger partial charge on any atom is -0.493 e. The van der Waals surface area contributed by atoms with Gasteiger partial charge in [0.25, 0.3) is 11.5 Å². The van der Waals surface area contributed by atoms with Crippen molar-refractivity contribution in [2.24, 2.45) is 7.05 Å². The fraction of sp³-hybridized carbons (Fsp3) is 0.350. The number of nitrogens with zero attached hydrogens (tertiary/aromatic N) is 2. The summed E-state index contributed by atoms with van der Waals surface area (Å²) in [6.45, 7) is 4.53. The van der Waals surface area contributed by atoms with Gasteiger partial charge in [-0.05, 0) is 31.0 Å². The number of aromatic nitrogens is 2. The smallest absolute Gasteiger partial charge is 0.265 e. The molecule has 0 saturated heterocycles. The van der Waals surface area contributed by atoms with Crippen molar-refractivity contribution in [1.29, 1.82) is 0 Å². The van der Waals surface area contributed by atoms with Crippen LogP contribution in [0.2, 0.25) is 0 Å². The number of furan rings is 1. The van der Waals surface area contributed by atoms with Gasteiger partial charge < -0.3 is 23.8 Å². The molecule has 0 atom stereocenters. The summed E-state index contributed by atoms with van der Waals surface area (Å²) in [6.07, 6.45) is 2.26. The molecular formula is C20H23N3O5. The van der Waals surface area contributed by atoms with E-state index in [1.165, 1.54) is 10.9 Å². The summed E-state index contributed by atoms with van der Waals surface area (Å²) >= 11 is 0. The molecule has 28 heavy (non-hydrogen) atoms. The van der Waals surface area contributed by atoms with Crippen LogP contribution in [0, 0.1) is 6.92 Å². The van der Waals surface area contributed by atoms with Crippen LogP contribution >= 0.6 is 0 Å². The normalized spacial score (nSPS) is 10.9. The first-order valence-corrected chi connectivity index (χ1v) is 8.98. The Bertz CT molecular complexity index is 1070. The fourth-order valence-electron chi connectivity index (χ4n) is 2.88. The molecule has 0 radical (unpaired) electrons. The average molecular weight is 385 g/mol. The van der Waals surface area contributed by atoms with Crippen LogP contribution in [-0.4, -0.2) is 29.2 Å². The molecule has 0 unspecified atom stereocenters. The molecule has 0 fully saturated rings. The molecule has 148 valence electrons. The Kier molecular flexibility index (Phi) is 5.67. The van der Waals surface area contributed by atoms with Crippen LogP contribution in [-0.2, 0) is 13.6 Å². The molecule has 2 heterocycles. The van der Waals surface area contributed by atoms with Crippen LogP contribution < -0.4 is 20.3 Å². The summed E-state index contributed by atoms with van der Waals surface area (Å²) in [5.41, 5.74) is 0.875. The van der Waals surface area contributed by atoms with Crippen molar-refractivity contribution >= 4 is 17.0 Å². The number of methoxy groups -OCH3 is 1. The quantitative estimate of drug-likeness (QED) is 0.672. The highest BCUT2D eigenvalue weighted by molar-refractivity contribution is 6.06. The standard InChI is InChI=1S/C20H23N3O5/c1-5-8-27-14-7-6-13(9-15(14)26-4)10-21-18(24)16-12(2)28-19-17(16)20(25)23(3)11-22-19/h6-7,9,11H,5,8,10H2,1-4H3,(H,21,24). The highest BCUT2D eigenvalue weighted by Crippen LogP contribution is 2.28. The molecule has 0 aliphatic carbocycles. The van der Waals surface area contributed by atoms with Gasteiger partial charge in [0.15, 0.2) is 11.5 Å². The summed E-state index contributed by atoms with van der Waals surface area (Å²) in [5.74, 6) is 1.21. The number of ether oxygens (including phenoxy) is 2. The van der Waals surface area contributed by atoms with Gasteiger partial charge in [-0.3, -0.25) is 9.59 Å². The van der Waals surface area contributed by atoms with Crippen molar-refractivity contribution < 1.29 is 18.7 Å². The van der Waals surface area contributed by atoms with Crippen LogP contribution in [0.15, 0.2) is 33.7 Å². The molecule has 0 spiro atoms. The molecule has 1 N–H and O–H groups in total. The summed E-state index contributed by atoms with van der Waals surface area (Å²) in [7, 11) is 3.15. The second-order valence-corrected chi connectivity index (χ2v) is 6.39. The van der Waals surface area contributed by atoms with Crippen molar-refractivity contribution in [2.75, 3.05) is 13.7 Å². The Labute approximate surface area is 162 Å². The summed E-state index contributed by atoms with van der Waals surface area (Å²) in [6, 6.07) is 5.48. The molecule has 1 amide bonds. The van der Waals surface area contributed by atoms with Crippen LogP contribution in [0.3, 0.4) is 0 Å². The Morgan fingerprint density at radius 1 is 1.32 bits per heavy atom. The number of carbonyl (C=O) groups excluding carboxylic acids is 1. The summed E-state index contributed by atoms with van der Waals surface area (Å²) in [4.78, 5) is 29.2. The summed E-state index contributed by atoms with van der Waals surface area (Å²) in [5, 5.41) is 3.01. The van der Waals surface area contributed by atoms with E-state index in [1.807, 2.05) is 25.1 Å². The molecule has 8 heteroatoms. The zero-order chi connectivity index (χ0) is 20.3. The first kappa shape index (κ1) is 19.5. The molecule has 3 aromatic rings. The first-order valence-electron chi connectivity index (χ1n) is 8.98. The van der Waals surface area contributed by atoms with Crippen LogP contribution in [0.5, 0.6) is 11.5 Å². The van der Waals surface area contributed by atoms with Crippen molar-refractivity contribution in [1.82, 2.24) is 14.9 Å². The molecule has 0 aliphatic rings. The maximum Gasteiger partial charge on any atom is 0.265 e. The zero-order valence-electron chi connectivity index (χ0n) is 16.4. The molecule has 0 aliphatic heterocycles. The monoisotopic (exact) mass is 385 g/mol. The Morgan fingerprint density at radius 2 is 2.11 bits per heavy atom. The van der Waals surface area contributed by atoms with Gasteiger partial charge in [-0.15, -0.1) is 0 Å². The van der Waals surface area contributed by atoms with E-state index in [0.717, 1.165) is 12.0 Å². The molecule has 2 aromatic heterocycles. The van der Waals surface area contributed by atoms with E-state index in [-0.39, 0.29) is 28.8 Å². The van der Waals surface area contributed by atoms with Crippen molar-refractivity contribution in [2.45, 2.75) is 26.8 Å². The first-order chi connectivity index (χ1) is 13.5. The van der Waals surface area contributed by atoms with Gasteiger partial charge in [0.05, 0.1) is 19.3 Å². The van der Waals surface area contributed by atoms with Gasteiger partial charge in [-0.2, -0.15) is 0 Å². The molecule has 1 aromatic carbocycles. The van der Waals surface area contributed by atoms with E-state index < -0.39 is 5.91 Å². The SMILES string of the molecule is CCCOc1ccc(CNC(=O)c2c(C)oc3ncn(C)c(=O)c23)cc1OC. The second kappa shape index (κ2) is 8.16. The van der Waals surface area contributed by atoms with Crippen LogP contribution in [0.25, 0.3) is 11.1 Å². The largest absolute Gasteiger partial charge is 0.493 e. The van der Waals surface area contributed by atoms with E-state index in [1.54, 1.807) is 21.1 Å². The second-order valence-electron chi connectivity index (χ2n) is 6.39. The third-order valence-corrected chi connectivity index (χ3v) is 4.32. The number of amides is 1. The number of fused-ring (bicyclic) bond motifs is 1. The highest BCUT2D eigenvalue weighted by Gasteiger charge is 2.22. The number of benzene rings is 1. The number of hydrogen-bond donors (Lipinski definition) is 1. The number of carbonyl (C=O) groups is 1. The summed E-state index contributed by atoms with van der Waals surface area (Å²) < 4.78 is 17.8. The third-order valence-electron chi connectivity index (χ3n) is 4.32. The molecule has 8 nitrogen and oxygen atoms in total. The lowest BCUT2D eigenvalue weighted by Gasteiger charge is -2.12. The maximum atomic E-state index is 12.7. The van der Waals surface area contributed by atoms with E-state index in [4.69, 9.17) is 13.9 Å². The number of aryl methyl sites for hydroxylation is 2. The minimum atomic E-state index is -0.397. The van der Waals surface area contributed by atoms with E-state index >= 15 is 0 Å². The third kappa shape index (κ3) is 3.71. The van der Waals surface area contributed by atoms with Crippen molar-refractivity contribution in [3.63, 3.8) is 0 Å². The van der Waals surface area contributed by atoms with Gasteiger partial charge in [0, 0.05) is 13.6 Å². The molecule has 0 saturated carbocycles. The Balaban J connectivity index is 1.81. The van der Waals surface area contributed by atoms with Gasteiger partial charge in [-0.1, -0.05) is 13.0 Å². The molecule has 3 rings (SSSR count). The lowest BCUT2D eigenvalue weighted by atomic mass is 10.1.